The molecule has 1 aromatic heterocycles. The number of rotatable bonds is 6. The molecule has 0 aliphatic rings. The summed E-state index contributed by atoms with van der Waals surface area (Å²) in [5, 5.41) is 7.67. The number of benzene rings is 1. The number of carbonyl (C=O) groups excluding carboxylic acids is 1. The zero-order valence-electron chi connectivity index (χ0n) is 14.4. The zero-order valence-corrected chi connectivity index (χ0v) is 15.1. The quantitative estimate of drug-likeness (QED) is 0.590. The Morgan fingerprint density at radius 3 is 2.67 bits per heavy atom. The van der Waals surface area contributed by atoms with Crippen LogP contribution in [0.2, 0.25) is 5.15 Å². The highest BCUT2D eigenvalue weighted by Crippen LogP contribution is 2.25. The highest BCUT2D eigenvalue weighted by atomic mass is 35.5. The third-order valence-corrected chi connectivity index (χ3v) is 3.47. The summed E-state index contributed by atoms with van der Waals surface area (Å²) in [5.41, 5.74) is 1.39. The number of unbranched alkanes of at least 4 members (excludes halogenated alkanes) is 1. The molecule has 0 unspecified atom stereocenters. The smallest absolute Gasteiger partial charge is 0.407 e. The number of alkyl carbamates (subject to hydrolysis) is 1. The van der Waals surface area contributed by atoms with E-state index >= 15 is 0 Å². The van der Waals surface area contributed by atoms with Crippen molar-refractivity contribution in [3.8, 4) is 0 Å². The number of nitrogens with zero attached hydrogens (tertiary/aromatic N) is 1. The van der Waals surface area contributed by atoms with Gasteiger partial charge in [0.2, 0.25) is 0 Å². The Labute approximate surface area is 147 Å². The summed E-state index contributed by atoms with van der Waals surface area (Å²) in [6.07, 6.45) is 1.41. The number of amides is 1. The van der Waals surface area contributed by atoms with Crippen LogP contribution in [0.5, 0.6) is 0 Å². The van der Waals surface area contributed by atoms with Crippen LogP contribution in [0.4, 0.5) is 10.5 Å². The molecule has 0 bridgehead atoms. The van der Waals surface area contributed by atoms with Gasteiger partial charge in [-0.2, -0.15) is 0 Å². The number of anilines is 1. The Hall–Kier alpha value is -2.01. The number of aromatic nitrogens is 1. The zero-order chi connectivity index (χ0) is 17.6. The van der Waals surface area contributed by atoms with Crippen LogP contribution in [-0.2, 0) is 4.74 Å². The Morgan fingerprint density at radius 2 is 1.92 bits per heavy atom. The molecule has 2 rings (SSSR count). The van der Waals surface area contributed by atoms with Crippen molar-refractivity contribution in [2.24, 2.45) is 0 Å². The van der Waals surface area contributed by atoms with Crippen LogP contribution in [0.1, 0.15) is 33.6 Å². The van der Waals surface area contributed by atoms with Crippen LogP contribution >= 0.6 is 11.6 Å². The van der Waals surface area contributed by atoms with E-state index in [2.05, 4.69) is 15.6 Å². The maximum Gasteiger partial charge on any atom is 0.407 e. The van der Waals surface area contributed by atoms with Gasteiger partial charge in [0.25, 0.3) is 0 Å². The summed E-state index contributed by atoms with van der Waals surface area (Å²) in [4.78, 5) is 15.8. The van der Waals surface area contributed by atoms with Crippen molar-refractivity contribution in [2.45, 2.75) is 39.2 Å². The number of hydrogen-bond acceptors (Lipinski definition) is 4. The second-order valence-electron chi connectivity index (χ2n) is 6.57. The largest absolute Gasteiger partial charge is 0.444 e. The molecule has 0 spiro atoms. The number of carbonyl (C=O) groups is 1. The van der Waals surface area contributed by atoms with Gasteiger partial charge in [0.05, 0.1) is 5.52 Å². The van der Waals surface area contributed by atoms with Crippen LogP contribution in [0.25, 0.3) is 10.9 Å². The van der Waals surface area contributed by atoms with Gasteiger partial charge in [0.1, 0.15) is 10.8 Å². The highest BCUT2D eigenvalue weighted by molar-refractivity contribution is 6.30. The molecule has 0 atom stereocenters. The van der Waals surface area contributed by atoms with E-state index in [0.29, 0.717) is 11.7 Å². The van der Waals surface area contributed by atoms with E-state index in [9.17, 15) is 4.79 Å². The monoisotopic (exact) mass is 349 g/mol. The molecule has 1 amide bonds. The molecule has 0 saturated carbocycles. The minimum absolute atomic E-state index is 0.373. The van der Waals surface area contributed by atoms with E-state index in [0.717, 1.165) is 36.0 Å². The molecule has 1 aromatic carbocycles. The summed E-state index contributed by atoms with van der Waals surface area (Å²) in [6.45, 7) is 6.93. The first kappa shape index (κ1) is 18.3. The molecule has 1 heterocycles. The van der Waals surface area contributed by atoms with E-state index < -0.39 is 5.60 Å². The normalized spacial score (nSPS) is 11.3. The molecular formula is C18H24ClN3O2. The fourth-order valence-electron chi connectivity index (χ4n) is 2.27. The van der Waals surface area contributed by atoms with Gasteiger partial charge < -0.3 is 15.4 Å². The Bertz CT molecular complexity index is 698. The summed E-state index contributed by atoms with van der Waals surface area (Å²) >= 11 is 6.06. The molecule has 0 aliphatic heterocycles. The minimum atomic E-state index is -0.465. The van der Waals surface area contributed by atoms with Gasteiger partial charge in [-0.1, -0.05) is 29.8 Å². The van der Waals surface area contributed by atoms with Crippen molar-refractivity contribution in [3.05, 3.63) is 35.5 Å². The van der Waals surface area contributed by atoms with Crippen molar-refractivity contribution in [2.75, 3.05) is 18.4 Å². The van der Waals surface area contributed by atoms with E-state index in [1.165, 1.54) is 0 Å². The van der Waals surface area contributed by atoms with Crippen LogP contribution in [0, 0.1) is 0 Å². The molecule has 2 aromatic rings. The van der Waals surface area contributed by atoms with Crippen molar-refractivity contribution < 1.29 is 9.53 Å². The van der Waals surface area contributed by atoms with Crippen LogP contribution < -0.4 is 10.6 Å². The maximum absolute atomic E-state index is 11.5. The summed E-state index contributed by atoms with van der Waals surface area (Å²) in [6, 6.07) is 9.72. The van der Waals surface area contributed by atoms with Crippen molar-refractivity contribution in [1.29, 1.82) is 0 Å². The predicted octanol–water partition coefficient (Wildman–Crippen LogP) is 4.61. The number of ether oxygens (including phenoxy) is 1. The fourth-order valence-corrected chi connectivity index (χ4v) is 2.47. The fraction of sp³-hybridized carbons (Fsp3) is 0.444. The molecule has 2 N–H and O–H groups in total. The second-order valence-corrected chi connectivity index (χ2v) is 6.96. The first-order valence-electron chi connectivity index (χ1n) is 8.11. The summed E-state index contributed by atoms with van der Waals surface area (Å²) < 4.78 is 5.19. The van der Waals surface area contributed by atoms with Crippen LogP contribution in [0.3, 0.4) is 0 Å². The standard InChI is InChI=1S/C18H24ClN3O2/c1-18(2,3)24-17(23)21-11-7-6-10-20-15-12-16(19)22-14-9-5-4-8-13(14)15/h4-5,8-9,12H,6-7,10-11H2,1-3H3,(H,20,22)(H,21,23). The number of pyridine rings is 1. The molecule has 0 saturated heterocycles. The third-order valence-electron chi connectivity index (χ3n) is 3.27. The Morgan fingerprint density at radius 1 is 1.21 bits per heavy atom. The number of halogens is 1. The average molecular weight is 350 g/mol. The summed E-state index contributed by atoms with van der Waals surface area (Å²) in [5.74, 6) is 0. The van der Waals surface area contributed by atoms with Gasteiger partial charge in [-0.05, 0) is 45.7 Å². The SMILES string of the molecule is CC(C)(C)OC(=O)NCCCCNc1cc(Cl)nc2ccccc12. The lowest BCUT2D eigenvalue weighted by Gasteiger charge is -2.19. The van der Waals surface area contributed by atoms with Gasteiger partial charge in [-0.15, -0.1) is 0 Å². The molecule has 0 fully saturated rings. The van der Waals surface area contributed by atoms with Gasteiger partial charge >= 0.3 is 6.09 Å². The third kappa shape index (κ3) is 5.89. The van der Waals surface area contributed by atoms with Crippen molar-refractivity contribution in [1.82, 2.24) is 10.3 Å². The minimum Gasteiger partial charge on any atom is -0.444 e. The lowest BCUT2D eigenvalue weighted by molar-refractivity contribution is 0.0527. The first-order chi connectivity index (χ1) is 11.3. The highest BCUT2D eigenvalue weighted by Gasteiger charge is 2.15. The lowest BCUT2D eigenvalue weighted by atomic mass is 10.2. The molecule has 5 nitrogen and oxygen atoms in total. The number of nitrogens with one attached hydrogen (secondary N) is 2. The lowest BCUT2D eigenvalue weighted by Crippen LogP contribution is -2.33. The predicted molar refractivity (Wildman–Crippen MR) is 98.7 cm³/mol. The number of fused-ring (bicyclic) bond motifs is 1. The molecular weight excluding hydrogens is 326 g/mol. The topological polar surface area (TPSA) is 63.2 Å². The van der Waals surface area contributed by atoms with Crippen molar-refractivity contribution in [3.63, 3.8) is 0 Å². The van der Waals surface area contributed by atoms with E-state index in [-0.39, 0.29) is 6.09 Å². The number of para-hydroxylation sites is 1. The molecule has 130 valence electrons. The van der Waals surface area contributed by atoms with Crippen LogP contribution in [0.15, 0.2) is 30.3 Å². The van der Waals surface area contributed by atoms with Gasteiger partial charge in [-0.3, -0.25) is 0 Å². The molecule has 24 heavy (non-hydrogen) atoms. The van der Waals surface area contributed by atoms with Gasteiger partial charge in [0.15, 0.2) is 0 Å². The average Bonchev–Trinajstić information content (AvgIpc) is 2.48. The Kier molecular flexibility index (Phi) is 6.26. The van der Waals surface area contributed by atoms with Gasteiger partial charge in [-0.25, -0.2) is 9.78 Å². The van der Waals surface area contributed by atoms with E-state index in [4.69, 9.17) is 16.3 Å². The molecule has 0 aliphatic carbocycles. The second kappa shape index (κ2) is 8.20. The van der Waals surface area contributed by atoms with Gasteiger partial charge in [0, 0.05) is 24.2 Å². The van der Waals surface area contributed by atoms with E-state index in [1.54, 1.807) is 0 Å². The first-order valence-corrected chi connectivity index (χ1v) is 8.49. The summed E-state index contributed by atoms with van der Waals surface area (Å²) in [7, 11) is 0. The number of hydrogen-bond donors (Lipinski definition) is 2. The van der Waals surface area contributed by atoms with Crippen molar-refractivity contribution >= 4 is 34.3 Å². The maximum atomic E-state index is 11.5. The van der Waals surface area contributed by atoms with Crippen LogP contribution in [-0.4, -0.2) is 29.8 Å². The molecule has 0 radical (unpaired) electrons. The Balaban J connectivity index is 1.74. The van der Waals surface area contributed by atoms with E-state index in [1.807, 2.05) is 51.1 Å². The molecule has 6 heteroatoms.